The maximum absolute atomic E-state index is 4.27. The van der Waals surface area contributed by atoms with Crippen LogP contribution < -0.4 is 0 Å². The standard InChI is InChI=1S/C7H7IN4/c1-4-3-6(8)11-12-5(2)9-10-7(4)12/h3H,1-2H3. The Bertz CT molecular complexity index is 434. The van der Waals surface area contributed by atoms with Crippen molar-refractivity contribution < 1.29 is 0 Å². The van der Waals surface area contributed by atoms with Crippen molar-refractivity contribution in [3.63, 3.8) is 0 Å². The van der Waals surface area contributed by atoms with Gasteiger partial charge in [-0.15, -0.1) is 10.2 Å². The van der Waals surface area contributed by atoms with E-state index in [1.807, 2.05) is 19.9 Å². The van der Waals surface area contributed by atoms with Crippen molar-refractivity contribution in [3.05, 3.63) is 21.2 Å². The monoisotopic (exact) mass is 274 g/mol. The van der Waals surface area contributed by atoms with Crippen LogP contribution in [0, 0.1) is 17.5 Å². The second-order valence-electron chi connectivity index (χ2n) is 2.63. The minimum Gasteiger partial charge on any atom is -0.196 e. The van der Waals surface area contributed by atoms with Gasteiger partial charge < -0.3 is 0 Å². The Balaban J connectivity index is 2.92. The fraction of sp³-hybridized carbons (Fsp3) is 0.286. The average Bonchev–Trinajstić information content (AvgIpc) is 2.33. The quantitative estimate of drug-likeness (QED) is 0.681. The van der Waals surface area contributed by atoms with Gasteiger partial charge in [-0.05, 0) is 48.1 Å². The molecule has 0 bridgehead atoms. The Morgan fingerprint density at radius 3 is 2.83 bits per heavy atom. The first-order valence-corrected chi connectivity index (χ1v) is 4.61. The minimum absolute atomic E-state index is 0.826. The van der Waals surface area contributed by atoms with Gasteiger partial charge in [0.25, 0.3) is 0 Å². The lowest BCUT2D eigenvalue weighted by molar-refractivity contribution is 0.855. The van der Waals surface area contributed by atoms with Crippen molar-refractivity contribution in [2.45, 2.75) is 13.8 Å². The Hall–Kier alpha value is -0.720. The molecule has 2 rings (SSSR count). The summed E-state index contributed by atoms with van der Waals surface area (Å²) in [7, 11) is 0. The molecule has 4 nitrogen and oxygen atoms in total. The first-order chi connectivity index (χ1) is 5.68. The lowest BCUT2D eigenvalue weighted by Crippen LogP contribution is -1.98. The van der Waals surface area contributed by atoms with E-state index < -0.39 is 0 Å². The van der Waals surface area contributed by atoms with Gasteiger partial charge in [0.05, 0.1) is 0 Å². The average molecular weight is 274 g/mol. The Kier molecular flexibility index (Phi) is 1.75. The molecule has 12 heavy (non-hydrogen) atoms. The van der Waals surface area contributed by atoms with Gasteiger partial charge in [-0.3, -0.25) is 0 Å². The van der Waals surface area contributed by atoms with Crippen molar-refractivity contribution in [1.29, 1.82) is 0 Å². The zero-order valence-electron chi connectivity index (χ0n) is 6.74. The van der Waals surface area contributed by atoms with Gasteiger partial charge >= 0.3 is 0 Å². The SMILES string of the molecule is Cc1cc(I)nn2c(C)nnc12. The fourth-order valence-corrected chi connectivity index (χ4v) is 1.77. The zero-order chi connectivity index (χ0) is 8.72. The summed E-state index contributed by atoms with van der Waals surface area (Å²) in [4.78, 5) is 0. The van der Waals surface area contributed by atoms with Crippen LogP contribution in [0.2, 0.25) is 0 Å². The van der Waals surface area contributed by atoms with Crippen molar-refractivity contribution >= 4 is 28.2 Å². The molecule has 0 N–H and O–H groups in total. The van der Waals surface area contributed by atoms with E-state index in [1.54, 1.807) is 4.52 Å². The van der Waals surface area contributed by atoms with E-state index in [0.717, 1.165) is 20.7 Å². The Morgan fingerprint density at radius 2 is 2.08 bits per heavy atom. The smallest absolute Gasteiger partial charge is 0.180 e. The summed E-state index contributed by atoms with van der Waals surface area (Å²) in [6.07, 6.45) is 0. The molecule has 0 aliphatic heterocycles. The van der Waals surface area contributed by atoms with Crippen LogP contribution in [0.3, 0.4) is 0 Å². The van der Waals surface area contributed by atoms with Crippen molar-refractivity contribution in [1.82, 2.24) is 19.8 Å². The van der Waals surface area contributed by atoms with Crippen LogP contribution in [0.4, 0.5) is 0 Å². The third-order valence-corrected chi connectivity index (χ3v) is 2.21. The fourth-order valence-electron chi connectivity index (χ4n) is 1.09. The molecule has 2 aromatic heterocycles. The van der Waals surface area contributed by atoms with E-state index in [9.17, 15) is 0 Å². The Labute approximate surface area is 83.1 Å². The molecular weight excluding hydrogens is 267 g/mol. The Morgan fingerprint density at radius 1 is 1.33 bits per heavy atom. The first-order valence-electron chi connectivity index (χ1n) is 3.53. The molecule has 2 aromatic rings. The third kappa shape index (κ3) is 1.08. The lowest BCUT2D eigenvalue weighted by atomic mass is 10.3. The highest BCUT2D eigenvalue weighted by molar-refractivity contribution is 14.1. The van der Waals surface area contributed by atoms with E-state index in [2.05, 4.69) is 37.9 Å². The summed E-state index contributed by atoms with van der Waals surface area (Å²) in [6, 6.07) is 1.99. The minimum atomic E-state index is 0.826. The van der Waals surface area contributed by atoms with Gasteiger partial charge in [-0.2, -0.15) is 9.61 Å². The van der Waals surface area contributed by atoms with Crippen molar-refractivity contribution in [3.8, 4) is 0 Å². The van der Waals surface area contributed by atoms with Crippen molar-refractivity contribution in [2.24, 2.45) is 0 Å². The summed E-state index contributed by atoms with van der Waals surface area (Å²) in [5.74, 6) is 0.826. The van der Waals surface area contributed by atoms with E-state index in [4.69, 9.17) is 0 Å². The van der Waals surface area contributed by atoms with Crippen LogP contribution in [0.5, 0.6) is 0 Å². The molecule has 0 aliphatic carbocycles. The predicted molar refractivity (Wildman–Crippen MR) is 53.0 cm³/mol. The van der Waals surface area contributed by atoms with Crippen LogP contribution in [0.15, 0.2) is 6.07 Å². The molecule has 0 fully saturated rings. The van der Waals surface area contributed by atoms with Crippen molar-refractivity contribution in [2.75, 3.05) is 0 Å². The number of rotatable bonds is 0. The van der Waals surface area contributed by atoms with Gasteiger partial charge in [0.2, 0.25) is 0 Å². The molecule has 0 atom stereocenters. The molecule has 2 heterocycles. The zero-order valence-corrected chi connectivity index (χ0v) is 8.90. The molecule has 0 saturated heterocycles. The molecule has 0 saturated carbocycles. The van der Waals surface area contributed by atoms with Crippen LogP contribution >= 0.6 is 22.6 Å². The summed E-state index contributed by atoms with van der Waals surface area (Å²) < 4.78 is 2.72. The third-order valence-electron chi connectivity index (χ3n) is 1.68. The lowest BCUT2D eigenvalue weighted by Gasteiger charge is -1.97. The second kappa shape index (κ2) is 2.65. The number of aryl methyl sites for hydroxylation is 2. The van der Waals surface area contributed by atoms with E-state index in [1.165, 1.54) is 0 Å². The summed E-state index contributed by atoms with van der Waals surface area (Å²) >= 11 is 2.18. The van der Waals surface area contributed by atoms with Crippen LogP contribution in [-0.2, 0) is 0 Å². The van der Waals surface area contributed by atoms with Gasteiger partial charge in [0.1, 0.15) is 3.70 Å². The largest absolute Gasteiger partial charge is 0.196 e. The summed E-state index contributed by atoms with van der Waals surface area (Å²) in [6.45, 7) is 3.90. The molecule has 0 spiro atoms. The number of hydrogen-bond donors (Lipinski definition) is 0. The predicted octanol–water partition coefficient (Wildman–Crippen LogP) is 1.35. The molecule has 0 amide bonds. The highest BCUT2D eigenvalue weighted by Crippen LogP contribution is 2.10. The topological polar surface area (TPSA) is 43.1 Å². The van der Waals surface area contributed by atoms with Gasteiger partial charge in [0, 0.05) is 0 Å². The van der Waals surface area contributed by atoms with Crippen LogP contribution in [0.25, 0.3) is 5.65 Å². The molecule has 0 radical (unpaired) electrons. The van der Waals surface area contributed by atoms with E-state index in [0.29, 0.717) is 0 Å². The number of hydrogen-bond acceptors (Lipinski definition) is 3. The maximum atomic E-state index is 4.27. The molecular formula is C7H7IN4. The van der Waals surface area contributed by atoms with Gasteiger partial charge in [-0.1, -0.05) is 0 Å². The second-order valence-corrected chi connectivity index (χ2v) is 3.74. The molecule has 0 aromatic carbocycles. The molecule has 5 heteroatoms. The van der Waals surface area contributed by atoms with E-state index >= 15 is 0 Å². The molecule has 0 unspecified atom stereocenters. The van der Waals surface area contributed by atoms with Crippen LogP contribution in [-0.4, -0.2) is 19.8 Å². The number of nitrogens with zero attached hydrogens (tertiary/aromatic N) is 4. The number of halogens is 1. The molecule has 0 aliphatic rings. The van der Waals surface area contributed by atoms with Crippen LogP contribution in [0.1, 0.15) is 11.4 Å². The highest BCUT2D eigenvalue weighted by Gasteiger charge is 2.05. The summed E-state index contributed by atoms with van der Waals surface area (Å²) in [5, 5.41) is 12.2. The number of aromatic nitrogens is 4. The normalized spacial score (nSPS) is 10.9. The van der Waals surface area contributed by atoms with E-state index in [-0.39, 0.29) is 0 Å². The maximum Gasteiger partial charge on any atom is 0.180 e. The summed E-state index contributed by atoms with van der Waals surface area (Å²) in [5.41, 5.74) is 1.95. The van der Waals surface area contributed by atoms with Gasteiger partial charge in [0.15, 0.2) is 11.5 Å². The molecule has 62 valence electrons. The first kappa shape index (κ1) is 7.90. The number of fused-ring (bicyclic) bond motifs is 1. The highest BCUT2D eigenvalue weighted by atomic mass is 127. The van der Waals surface area contributed by atoms with Gasteiger partial charge in [-0.25, -0.2) is 0 Å².